The van der Waals surface area contributed by atoms with E-state index >= 15 is 0 Å². The summed E-state index contributed by atoms with van der Waals surface area (Å²) in [6, 6.07) is 7.23. The molecule has 1 aromatic rings. The molecule has 3 nitrogen and oxygen atoms in total. The van der Waals surface area contributed by atoms with Crippen LogP contribution in [0.3, 0.4) is 0 Å². The minimum atomic E-state index is -0.0472. The first-order chi connectivity index (χ1) is 9.08. The minimum absolute atomic E-state index is 0.0472. The average Bonchev–Trinajstić information content (AvgIpc) is 2.37. The second-order valence-electron chi connectivity index (χ2n) is 4.63. The van der Waals surface area contributed by atoms with Crippen LogP contribution < -0.4 is 4.74 Å². The van der Waals surface area contributed by atoms with Gasteiger partial charge >= 0.3 is 0 Å². The molecule has 102 valence electrons. The molecule has 0 aliphatic carbocycles. The van der Waals surface area contributed by atoms with Crippen LogP contribution in [0, 0.1) is 12.3 Å². The fourth-order valence-corrected chi connectivity index (χ4v) is 1.79. The van der Waals surface area contributed by atoms with Gasteiger partial charge in [0.2, 0.25) is 0 Å². The quantitative estimate of drug-likeness (QED) is 0.735. The van der Waals surface area contributed by atoms with Crippen molar-refractivity contribution in [2.45, 2.75) is 33.3 Å². The summed E-state index contributed by atoms with van der Waals surface area (Å²) >= 11 is 0. The Morgan fingerprint density at radius 3 is 2.79 bits per heavy atom. The largest absolute Gasteiger partial charge is 0.491 e. The third-order valence-electron chi connectivity index (χ3n) is 2.52. The highest BCUT2D eigenvalue weighted by atomic mass is 16.5. The normalized spacial score (nSPS) is 10.1. The fraction of sp³-hybridized carbons (Fsp3) is 0.438. The van der Waals surface area contributed by atoms with Crippen molar-refractivity contribution in [3.8, 4) is 18.1 Å². The molecule has 0 aliphatic rings. The molecular weight excluding hydrogens is 238 g/mol. The van der Waals surface area contributed by atoms with E-state index < -0.39 is 0 Å². The summed E-state index contributed by atoms with van der Waals surface area (Å²) in [7, 11) is 0. The maximum atomic E-state index is 12.3. The highest BCUT2D eigenvalue weighted by Gasteiger charge is 2.14. The molecule has 19 heavy (non-hydrogen) atoms. The van der Waals surface area contributed by atoms with Crippen LogP contribution in [0.1, 0.15) is 37.6 Å². The number of nitrogens with zero attached hydrogens (tertiary/aromatic N) is 1. The maximum Gasteiger partial charge on any atom is 0.254 e. The zero-order chi connectivity index (χ0) is 14.3. The maximum absolute atomic E-state index is 12.3. The van der Waals surface area contributed by atoms with E-state index in [1.54, 1.807) is 17.0 Å². The highest BCUT2D eigenvalue weighted by Crippen LogP contribution is 2.16. The summed E-state index contributed by atoms with van der Waals surface area (Å²) < 4.78 is 5.59. The van der Waals surface area contributed by atoms with Gasteiger partial charge in [0, 0.05) is 12.1 Å². The van der Waals surface area contributed by atoms with Crippen molar-refractivity contribution in [2.24, 2.45) is 0 Å². The molecule has 1 rings (SSSR count). The lowest BCUT2D eigenvalue weighted by Gasteiger charge is -2.20. The second-order valence-corrected chi connectivity index (χ2v) is 4.63. The van der Waals surface area contributed by atoms with Crippen LogP contribution in [-0.4, -0.2) is 30.0 Å². The molecular formula is C16H21NO2. The highest BCUT2D eigenvalue weighted by molar-refractivity contribution is 5.94. The predicted octanol–water partition coefficient (Wildman–Crippen LogP) is 2.96. The number of amides is 1. The predicted molar refractivity (Wildman–Crippen MR) is 77.2 cm³/mol. The lowest BCUT2D eigenvalue weighted by molar-refractivity contribution is 0.0776. The van der Waals surface area contributed by atoms with Crippen molar-refractivity contribution < 1.29 is 9.53 Å². The Hall–Kier alpha value is -1.95. The summed E-state index contributed by atoms with van der Waals surface area (Å²) in [6.07, 6.45) is 6.27. The first-order valence-corrected chi connectivity index (χ1v) is 6.58. The molecule has 0 aliphatic heterocycles. The van der Waals surface area contributed by atoms with Crippen LogP contribution in [0.5, 0.6) is 5.75 Å². The number of hydrogen-bond donors (Lipinski definition) is 0. The zero-order valence-corrected chi connectivity index (χ0v) is 11.8. The molecule has 0 N–H and O–H groups in total. The summed E-state index contributed by atoms with van der Waals surface area (Å²) in [5, 5.41) is 0. The molecule has 0 saturated carbocycles. The van der Waals surface area contributed by atoms with Crippen molar-refractivity contribution in [3.63, 3.8) is 0 Å². The van der Waals surface area contributed by atoms with Gasteiger partial charge in [-0.15, -0.1) is 6.42 Å². The number of carbonyl (C=O) groups excluding carboxylic acids is 1. The first-order valence-electron chi connectivity index (χ1n) is 6.58. The second kappa shape index (κ2) is 7.48. The molecule has 0 unspecified atom stereocenters. The van der Waals surface area contributed by atoms with Crippen LogP contribution in [0.4, 0.5) is 0 Å². The van der Waals surface area contributed by atoms with Gasteiger partial charge in [0.25, 0.3) is 5.91 Å². The Labute approximate surface area is 115 Å². The molecule has 0 aromatic heterocycles. The van der Waals surface area contributed by atoms with E-state index in [-0.39, 0.29) is 12.0 Å². The zero-order valence-electron chi connectivity index (χ0n) is 11.8. The average molecular weight is 259 g/mol. The molecule has 3 heteroatoms. The molecule has 0 atom stereocenters. The van der Waals surface area contributed by atoms with Gasteiger partial charge in [0.15, 0.2) is 0 Å². The third-order valence-corrected chi connectivity index (χ3v) is 2.52. The Kier molecular flexibility index (Phi) is 5.95. The molecule has 1 aromatic carbocycles. The standard InChI is InChI=1S/C16H21NO2/c1-5-10-17(11-6-2)16(18)14-8-7-9-15(12-14)19-13(3)4/h1,7-9,12-13H,6,10-11H2,2-4H3. The van der Waals surface area contributed by atoms with E-state index in [2.05, 4.69) is 5.92 Å². The van der Waals surface area contributed by atoms with Crippen LogP contribution in [0.25, 0.3) is 0 Å². The van der Waals surface area contributed by atoms with Crippen LogP contribution >= 0.6 is 0 Å². The molecule has 0 spiro atoms. The Morgan fingerprint density at radius 2 is 2.21 bits per heavy atom. The molecule has 1 amide bonds. The molecule has 0 saturated heterocycles. The summed E-state index contributed by atoms with van der Waals surface area (Å²) in [4.78, 5) is 14.0. The Balaban J connectivity index is 2.88. The lowest BCUT2D eigenvalue weighted by atomic mass is 10.2. The minimum Gasteiger partial charge on any atom is -0.491 e. The summed E-state index contributed by atoms with van der Waals surface area (Å²) in [6.45, 7) is 6.93. The number of ether oxygens (including phenoxy) is 1. The van der Waals surface area contributed by atoms with Crippen LogP contribution in [-0.2, 0) is 0 Å². The van der Waals surface area contributed by atoms with E-state index in [1.807, 2.05) is 32.9 Å². The van der Waals surface area contributed by atoms with Gasteiger partial charge in [-0.05, 0) is 38.5 Å². The van der Waals surface area contributed by atoms with Gasteiger partial charge in [0.05, 0.1) is 12.6 Å². The van der Waals surface area contributed by atoms with Crippen molar-refractivity contribution >= 4 is 5.91 Å². The summed E-state index contributed by atoms with van der Waals surface area (Å²) in [5.41, 5.74) is 0.613. The Morgan fingerprint density at radius 1 is 1.47 bits per heavy atom. The molecule has 0 bridgehead atoms. The van der Waals surface area contributed by atoms with Crippen LogP contribution in [0.2, 0.25) is 0 Å². The van der Waals surface area contributed by atoms with Gasteiger partial charge in [-0.25, -0.2) is 0 Å². The van der Waals surface area contributed by atoms with E-state index in [1.165, 1.54) is 0 Å². The van der Waals surface area contributed by atoms with Gasteiger partial charge in [-0.1, -0.05) is 18.9 Å². The summed E-state index contributed by atoms with van der Waals surface area (Å²) in [5.74, 6) is 3.18. The number of rotatable bonds is 6. The Bertz CT molecular complexity index is 460. The molecule has 0 fully saturated rings. The smallest absolute Gasteiger partial charge is 0.254 e. The van der Waals surface area contributed by atoms with Crippen molar-refractivity contribution in [2.75, 3.05) is 13.1 Å². The topological polar surface area (TPSA) is 29.5 Å². The van der Waals surface area contributed by atoms with Crippen molar-refractivity contribution in [1.82, 2.24) is 4.90 Å². The van der Waals surface area contributed by atoms with E-state index in [0.29, 0.717) is 24.4 Å². The van der Waals surface area contributed by atoms with Crippen molar-refractivity contribution in [1.29, 1.82) is 0 Å². The van der Waals surface area contributed by atoms with Gasteiger partial charge in [-0.2, -0.15) is 0 Å². The van der Waals surface area contributed by atoms with E-state index in [4.69, 9.17) is 11.2 Å². The van der Waals surface area contributed by atoms with Gasteiger partial charge < -0.3 is 9.64 Å². The van der Waals surface area contributed by atoms with Gasteiger partial charge in [0.1, 0.15) is 5.75 Å². The first kappa shape index (κ1) is 15.1. The monoisotopic (exact) mass is 259 g/mol. The molecule has 0 radical (unpaired) electrons. The number of terminal acetylenes is 1. The number of hydrogen-bond acceptors (Lipinski definition) is 2. The van der Waals surface area contributed by atoms with Gasteiger partial charge in [-0.3, -0.25) is 4.79 Å². The molecule has 0 heterocycles. The van der Waals surface area contributed by atoms with Crippen molar-refractivity contribution in [3.05, 3.63) is 29.8 Å². The van der Waals surface area contributed by atoms with E-state index in [9.17, 15) is 4.79 Å². The van der Waals surface area contributed by atoms with E-state index in [0.717, 1.165) is 6.42 Å². The number of carbonyl (C=O) groups is 1. The SMILES string of the molecule is C#CCN(CCC)C(=O)c1cccc(OC(C)C)c1. The van der Waals surface area contributed by atoms with Crippen LogP contribution in [0.15, 0.2) is 24.3 Å². The number of benzene rings is 1. The fourth-order valence-electron chi connectivity index (χ4n) is 1.79. The lowest BCUT2D eigenvalue weighted by Crippen LogP contribution is -2.32. The third kappa shape index (κ3) is 4.67.